The van der Waals surface area contributed by atoms with E-state index in [-0.39, 0.29) is 12.0 Å². The summed E-state index contributed by atoms with van der Waals surface area (Å²) in [6.07, 6.45) is 1.81. The Morgan fingerprint density at radius 3 is 2.56 bits per heavy atom. The van der Waals surface area contributed by atoms with E-state index in [2.05, 4.69) is 5.32 Å². The van der Waals surface area contributed by atoms with Crippen LogP contribution in [0.25, 0.3) is 0 Å². The van der Waals surface area contributed by atoms with Crippen molar-refractivity contribution in [1.29, 1.82) is 0 Å². The van der Waals surface area contributed by atoms with Crippen molar-refractivity contribution in [3.05, 3.63) is 0 Å². The summed E-state index contributed by atoms with van der Waals surface area (Å²) in [6.45, 7) is 0.732. The number of methoxy groups -OCH3 is 2. The van der Waals surface area contributed by atoms with Gasteiger partial charge in [-0.3, -0.25) is 9.59 Å². The zero-order chi connectivity index (χ0) is 13.5. The van der Waals surface area contributed by atoms with E-state index < -0.39 is 17.8 Å². The van der Waals surface area contributed by atoms with Crippen molar-refractivity contribution in [2.75, 3.05) is 27.4 Å². The first-order valence-electron chi connectivity index (χ1n) is 6.12. The van der Waals surface area contributed by atoms with Gasteiger partial charge < -0.3 is 19.9 Å². The van der Waals surface area contributed by atoms with E-state index in [9.17, 15) is 9.59 Å². The fourth-order valence-electron chi connectivity index (χ4n) is 2.31. The Balaban J connectivity index is 2.42. The molecule has 0 bridgehead atoms. The third-order valence-electron chi connectivity index (χ3n) is 3.36. The maximum Gasteiger partial charge on any atom is 0.307 e. The maximum atomic E-state index is 11.9. The first kappa shape index (κ1) is 14.9. The summed E-state index contributed by atoms with van der Waals surface area (Å²) in [5, 5.41) is 11.8. The summed E-state index contributed by atoms with van der Waals surface area (Å²) in [6, 6.07) is 0. The van der Waals surface area contributed by atoms with Gasteiger partial charge in [0.1, 0.15) is 0 Å². The number of amides is 1. The molecule has 1 saturated carbocycles. The van der Waals surface area contributed by atoms with Crippen LogP contribution >= 0.6 is 0 Å². The van der Waals surface area contributed by atoms with Gasteiger partial charge in [-0.15, -0.1) is 0 Å². The van der Waals surface area contributed by atoms with Crippen LogP contribution in [0.3, 0.4) is 0 Å². The van der Waals surface area contributed by atoms with Crippen LogP contribution in [0.4, 0.5) is 0 Å². The summed E-state index contributed by atoms with van der Waals surface area (Å²) in [5.41, 5.74) is 0. The molecule has 1 rings (SSSR count). The van der Waals surface area contributed by atoms with E-state index in [4.69, 9.17) is 14.6 Å². The molecule has 104 valence electrons. The second-order valence-corrected chi connectivity index (χ2v) is 4.54. The molecule has 0 spiro atoms. The van der Waals surface area contributed by atoms with Crippen molar-refractivity contribution >= 4 is 11.9 Å². The molecular weight excluding hydrogens is 238 g/mol. The predicted molar refractivity (Wildman–Crippen MR) is 64.1 cm³/mol. The average molecular weight is 259 g/mol. The maximum absolute atomic E-state index is 11.9. The van der Waals surface area contributed by atoms with Gasteiger partial charge in [0.05, 0.1) is 24.5 Å². The molecule has 2 N–H and O–H groups in total. The van der Waals surface area contributed by atoms with Crippen LogP contribution in [0.1, 0.15) is 19.3 Å². The predicted octanol–water partition coefficient (Wildman–Crippen LogP) is 0.265. The summed E-state index contributed by atoms with van der Waals surface area (Å²) >= 11 is 0. The molecule has 0 aliphatic heterocycles. The molecule has 0 radical (unpaired) electrons. The van der Waals surface area contributed by atoms with Crippen LogP contribution in [-0.4, -0.2) is 50.5 Å². The van der Waals surface area contributed by atoms with E-state index in [1.165, 1.54) is 0 Å². The summed E-state index contributed by atoms with van der Waals surface area (Å²) in [5.74, 6) is -2.04. The molecule has 0 aromatic carbocycles. The van der Waals surface area contributed by atoms with E-state index in [0.717, 1.165) is 6.42 Å². The van der Waals surface area contributed by atoms with E-state index in [1.54, 1.807) is 14.2 Å². The molecule has 18 heavy (non-hydrogen) atoms. The zero-order valence-corrected chi connectivity index (χ0v) is 10.8. The van der Waals surface area contributed by atoms with Gasteiger partial charge in [0.25, 0.3) is 0 Å². The largest absolute Gasteiger partial charge is 0.481 e. The van der Waals surface area contributed by atoms with E-state index >= 15 is 0 Å². The molecule has 1 fully saturated rings. The van der Waals surface area contributed by atoms with Crippen LogP contribution in [0.15, 0.2) is 0 Å². The summed E-state index contributed by atoms with van der Waals surface area (Å²) in [4.78, 5) is 22.9. The average Bonchev–Trinajstić information content (AvgIpc) is 2.83. The number of hydrogen-bond acceptors (Lipinski definition) is 4. The van der Waals surface area contributed by atoms with Gasteiger partial charge in [-0.2, -0.15) is 0 Å². The number of aliphatic carboxylic acids is 1. The number of nitrogens with one attached hydrogen (secondary N) is 1. The highest BCUT2D eigenvalue weighted by Gasteiger charge is 2.37. The normalized spacial score (nSPS) is 24.8. The molecule has 1 amide bonds. The van der Waals surface area contributed by atoms with Gasteiger partial charge in [-0.05, 0) is 12.8 Å². The molecule has 0 aromatic heterocycles. The molecule has 6 nitrogen and oxygen atoms in total. The number of ether oxygens (including phenoxy) is 2. The number of carbonyl (C=O) groups excluding carboxylic acids is 1. The van der Waals surface area contributed by atoms with Gasteiger partial charge in [0, 0.05) is 20.8 Å². The zero-order valence-electron chi connectivity index (χ0n) is 10.8. The van der Waals surface area contributed by atoms with Crippen LogP contribution in [0, 0.1) is 11.8 Å². The Morgan fingerprint density at radius 1 is 1.33 bits per heavy atom. The monoisotopic (exact) mass is 259 g/mol. The smallest absolute Gasteiger partial charge is 0.307 e. The summed E-state index contributed by atoms with van der Waals surface area (Å²) in [7, 11) is 3.11. The number of carboxylic acids is 1. The number of carboxylic acid groups (broad SMARTS) is 1. The van der Waals surface area contributed by atoms with Crippen molar-refractivity contribution in [3.63, 3.8) is 0 Å². The Morgan fingerprint density at radius 2 is 2.00 bits per heavy atom. The number of rotatable bonds is 7. The van der Waals surface area contributed by atoms with Gasteiger partial charge in [0.15, 0.2) is 0 Å². The molecule has 1 unspecified atom stereocenters. The number of carbonyl (C=O) groups is 2. The SMILES string of the molecule is COCC(CNC(=O)[C@@H]1CCC[C@@H]1C(=O)O)OC. The third kappa shape index (κ3) is 3.96. The topological polar surface area (TPSA) is 84.9 Å². The fourth-order valence-corrected chi connectivity index (χ4v) is 2.31. The van der Waals surface area contributed by atoms with Crippen molar-refractivity contribution in [3.8, 4) is 0 Å². The lowest BCUT2D eigenvalue weighted by Crippen LogP contribution is -2.40. The first-order chi connectivity index (χ1) is 8.60. The standard InChI is InChI=1S/C12H21NO5/c1-17-7-8(18-2)6-13-11(14)9-4-3-5-10(9)12(15)16/h8-10H,3-7H2,1-2H3,(H,13,14)(H,15,16)/t8?,9-,10+/m1/s1. The highest BCUT2D eigenvalue weighted by Crippen LogP contribution is 2.31. The minimum Gasteiger partial charge on any atom is -0.481 e. The highest BCUT2D eigenvalue weighted by molar-refractivity contribution is 5.85. The molecule has 3 atom stereocenters. The van der Waals surface area contributed by atoms with Gasteiger partial charge in [-0.25, -0.2) is 0 Å². The molecule has 1 aliphatic carbocycles. The van der Waals surface area contributed by atoms with Crippen LogP contribution in [0.2, 0.25) is 0 Å². The van der Waals surface area contributed by atoms with Crippen molar-refractivity contribution < 1.29 is 24.2 Å². The van der Waals surface area contributed by atoms with Crippen molar-refractivity contribution in [1.82, 2.24) is 5.32 Å². The van der Waals surface area contributed by atoms with Crippen LogP contribution in [0.5, 0.6) is 0 Å². The fraction of sp³-hybridized carbons (Fsp3) is 0.833. The molecule has 0 heterocycles. The Hall–Kier alpha value is -1.14. The minimum absolute atomic E-state index is 0.196. The van der Waals surface area contributed by atoms with Crippen molar-refractivity contribution in [2.45, 2.75) is 25.4 Å². The minimum atomic E-state index is -0.882. The van der Waals surface area contributed by atoms with Gasteiger partial charge in [0.2, 0.25) is 5.91 Å². The molecule has 1 aliphatic rings. The lowest BCUT2D eigenvalue weighted by atomic mass is 9.95. The second-order valence-electron chi connectivity index (χ2n) is 4.54. The Bertz CT molecular complexity index is 294. The Kier molecular flexibility index (Phi) is 6.07. The second kappa shape index (κ2) is 7.33. The quantitative estimate of drug-likeness (QED) is 0.685. The lowest BCUT2D eigenvalue weighted by molar-refractivity contribution is -0.146. The van der Waals surface area contributed by atoms with Crippen molar-refractivity contribution in [2.24, 2.45) is 11.8 Å². The molecule has 0 aromatic rings. The molecule has 0 saturated heterocycles. The lowest BCUT2D eigenvalue weighted by Gasteiger charge is -2.19. The van der Waals surface area contributed by atoms with Gasteiger partial charge in [-0.1, -0.05) is 6.42 Å². The third-order valence-corrected chi connectivity index (χ3v) is 3.36. The van der Waals surface area contributed by atoms with Gasteiger partial charge >= 0.3 is 5.97 Å². The number of hydrogen-bond donors (Lipinski definition) is 2. The highest BCUT2D eigenvalue weighted by atomic mass is 16.5. The Labute approximate surface area is 107 Å². The van der Waals surface area contributed by atoms with Crippen LogP contribution in [-0.2, 0) is 19.1 Å². The molecule has 6 heteroatoms. The van der Waals surface area contributed by atoms with Crippen LogP contribution < -0.4 is 5.32 Å². The van der Waals surface area contributed by atoms with E-state index in [0.29, 0.717) is 26.0 Å². The molecular formula is C12H21NO5. The summed E-state index contributed by atoms with van der Waals surface area (Å²) < 4.78 is 10.1. The van der Waals surface area contributed by atoms with E-state index in [1.807, 2.05) is 0 Å². The first-order valence-corrected chi connectivity index (χ1v) is 6.12.